The van der Waals surface area contributed by atoms with Crippen LogP contribution in [0.2, 0.25) is 0 Å². The lowest BCUT2D eigenvalue weighted by Gasteiger charge is -2.20. The molecule has 0 bridgehead atoms. The van der Waals surface area contributed by atoms with Gasteiger partial charge in [-0.25, -0.2) is 13.2 Å². The highest BCUT2D eigenvalue weighted by atomic mass is 32.2. The van der Waals surface area contributed by atoms with Gasteiger partial charge in [0.15, 0.2) is 0 Å². The molecule has 0 radical (unpaired) electrons. The highest BCUT2D eigenvalue weighted by Crippen LogP contribution is 2.31. The molecule has 0 aromatic heterocycles. The highest BCUT2D eigenvalue weighted by Gasteiger charge is 2.24. The van der Waals surface area contributed by atoms with Crippen LogP contribution >= 0.6 is 0 Å². The maximum Gasteiger partial charge on any atom is 0.335 e. The Kier molecular flexibility index (Phi) is 6.74. The van der Waals surface area contributed by atoms with Gasteiger partial charge in [-0.15, -0.1) is 0 Å². The van der Waals surface area contributed by atoms with Gasteiger partial charge in [-0.3, -0.25) is 4.72 Å². The first-order valence-corrected chi connectivity index (χ1v) is 12.0. The monoisotopic (exact) mass is 451 g/mol. The van der Waals surface area contributed by atoms with E-state index >= 15 is 0 Å². The Morgan fingerprint density at radius 2 is 1.41 bits per heavy atom. The lowest BCUT2D eigenvalue weighted by atomic mass is 9.95. The molecule has 0 heterocycles. The lowest BCUT2D eigenvalue weighted by Crippen LogP contribution is -2.18. The number of carboxylic acid groups (broad SMARTS) is 1. The zero-order chi connectivity index (χ0) is 23.6. The third kappa shape index (κ3) is 4.70. The summed E-state index contributed by atoms with van der Waals surface area (Å²) < 4.78 is 29.7. The Morgan fingerprint density at radius 1 is 0.812 bits per heavy atom. The quantitative estimate of drug-likeness (QED) is 0.496. The number of rotatable bonds is 7. The Balaban J connectivity index is 1.92. The highest BCUT2D eigenvalue weighted by molar-refractivity contribution is 7.92. The van der Waals surface area contributed by atoms with E-state index in [1.54, 1.807) is 30.3 Å². The van der Waals surface area contributed by atoms with E-state index in [0.29, 0.717) is 23.4 Å². The number of carbonyl (C=O) groups is 1. The fourth-order valence-corrected chi connectivity index (χ4v) is 5.74. The second-order valence-electron chi connectivity index (χ2n) is 8.22. The molecule has 5 nitrogen and oxygen atoms in total. The van der Waals surface area contributed by atoms with Gasteiger partial charge in [-0.05, 0) is 105 Å². The fourth-order valence-electron chi connectivity index (χ4n) is 4.04. The summed E-state index contributed by atoms with van der Waals surface area (Å²) in [4.78, 5) is 11.6. The predicted octanol–water partition coefficient (Wildman–Crippen LogP) is 5.51. The van der Waals surface area contributed by atoms with Gasteiger partial charge >= 0.3 is 5.97 Å². The average molecular weight is 452 g/mol. The molecule has 3 aromatic rings. The van der Waals surface area contributed by atoms with Gasteiger partial charge < -0.3 is 5.11 Å². The number of aryl methyl sites for hydroxylation is 2. The topological polar surface area (TPSA) is 83.5 Å². The first kappa shape index (κ1) is 23.5. The van der Waals surface area contributed by atoms with Gasteiger partial charge in [-0.1, -0.05) is 30.3 Å². The molecule has 0 amide bonds. The predicted molar refractivity (Wildman–Crippen MR) is 128 cm³/mol. The molecule has 168 valence electrons. The molecule has 0 saturated heterocycles. The Hall–Kier alpha value is -3.12. The smallest absolute Gasteiger partial charge is 0.335 e. The molecule has 6 heteroatoms. The molecule has 2 N–H and O–H groups in total. The molecule has 0 aliphatic heterocycles. The minimum Gasteiger partial charge on any atom is -0.478 e. The molecule has 0 aliphatic rings. The van der Waals surface area contributed by atoms with Crippen molar-refractivity contribution in [1.29, 1.82) is 0 Å². The summed E-state index contributed by atoms with van der Waals surface area (Å²) in [5, 5.41) is 9.20. The van der Waals surface area contributed by atoms with Gasteiger partial charge in [-0.2, -0.15) is 0 Å². The van der Waals surface area contributed by atoms with Crippen molar-refractivity contribution in [3.63, 3.8) is 0 Å². The molecular weight excluding hydrogens is 422 g/mol. The summed E-state index contributed by atoms with van der Waals surface area (Å²) in [7, 11) is -3.79. The van der Waals surface area contributed by atoms with Crippen molar-refractivity contribution in [3.8, 4) is 0 Å². The van der Waals surface area contributed by atoms with Crippen LogP contribution in [-0.2, 0) is 22.9 Å². The van der Waals surface area contributed by atoms with Crippen molar-refractivity contribution in [1.82, 2.24) is 0 Å². The molecule has 0 spiro atoms. The third-order valence-corrected chi connectivity index (χ3v) is 7.96. The van der Waals surface area contributed by atoms with E-state index in [1.807, 2.05) is 52.8 Å². The number of hydrogen-bond acceptors (Lipinski definition) is 3. The van der Waals surface area contributed by atoms with E-state index in [2.05, 4.69) is 4.72 Å². The SMILES string of the molecule is Cc1c(C)c(C)c(S(=O)(=O)Nc2ccccc2CCc2cccc(C(=O)O)c2)c(C)c1C. The first-order valence-electron chi connectivity index (χ1n) is 10.5. The van der Waals surface area contributed by atoms with Gasteiger partial charge in [0.25, 0.3) is 10.0 Å². The van der Waals surface area contributed by atoms with E-state index in [-0.39, 0.29) is 5.56 Å². The number of nitrogens with one attached hydrogen (secondary N) is 1. The maximum atomic E-state index is 13.4. The Bertz CT molecular complexity index is 1260. The summed E-state index contributed by atoms with van der Waals surface area (Å²) in [5.74, 6) is -0.963. The average Bonchev–Trinajstić information content (AvgIpc) is 2.75. The van der Waals surface area contributed by atoms with E-state index < -0.39 is 16.0 Å². The van der Waals surface area contributed by atoms with E-state index in [4.69, 9.17) is 0 Å². The zero-order valence-electron chi connectivity index (χ0n) is 19.1. The van der Waals surface area contributed by atoms with E-state index in [1.165, 1.54) is 0 Å². The Morgan fingerprint density at radius 3 is 2.03 bits per heavy atom. The number of anilines is 1. The summed E-state index contributed by atoms with van der Waals surface area (Å²) in [6, 6.07) is 14.1. The molecule has 3 aromatic carbocycles. The Labute approximate surface area is 190 Å². The van der Waals surface area contributed by atoms with E-state index in [0.717, 1.165) is 38.9 Å². The van der Waals surface area contributed by atoms with Crippen molar-refractivity contribution < 1.29 is 18.3 Å². The van der Waals surface area contributed by atoms with Gasteiger partial charge in [0.2, 0.25) is 0 Å². The minimum atomic E-state index is -3.79. The molecule has 32 heavy (non-hydrogen) atoms. The van der Waals surface area contributed by atoms with Crippen LogP contribution in [-0.4, -0.2) is 19.5 Å². The van der Waals surface area contributed by atoms with Crippen LogP contribution < -0.4 is 4.72 Å². The summed E-state index contributed by atoms with van der Waals surface area (Å²) in [6.07, 6.45) is 1.17. The number of hydrogen-bond donors (Lipinski definition) is 2. The second-order valence-corrected chi connectivity index (χ2v) is 9.84. The molecule has 0 fully saturated rings. The largest absolute Gasteiger partial charge is 0.478 e. The van der Waals surface area contributed by atoms with E-state index in [9.17, 15) is 18.3 Å². The molecule has 3 rings (SSSR count). The first-order chi connectivity index (χ1) is 15.0. The normalized spacial score (nSPS) is 11.4. The van der Waals surface area contributed by atoms with Crippen molar-refractivity contribution in [2.24, 2.45) is 0 Å². The number of para-hydroxylation sites is 1. The maximum absolute atomic E-state index is 13.4. The number of benzene rings is 3. The van der Waals surface area contributed by atoms with Crippen LogP contribution in [0.25, 0.3) is 0 Å². The summed E-state index contributed by atoms with van der Waals surface area (Å²) in [5.41, 5.74) is 7.14. The molecule has 0 atom stereocenters. The standard InChI is InChI=1S/C26H29NO4S/c1-16-17(2)19(4)25(20(5)18(16)3)32(30,31)27-24-12-7-6-10-22(24)14-13-21-9-8-11-23(15-21)26(28)29/h6-12,15,27H,13-14H2,1-5H3,(H,28,29). The minimum absolute atomic E-state index is 0.243. The molecule has 0 saturated carbocycles. The number of aromatic carboxylic acids is 1. The van der Waals surface area contributed by atoms with Gasteiger partial charge in [0, 0.05) is 0 Å². The van der Waals surface area contributed by atoms with Crippen LogP contribution in [0.15, 0.2) is 53.4 Å². The molecule has 0 unspecified atom stereocenters. The fraction of sp³-hybridized carbons (Fsp3) is 0.269. The number of carboxylic acids is 1. The van der Waals surface area contributed by atoms with Gasteiger partial charge in [0.05, 0.1) is 16.1 Å². The zero-order valence-corrected chi connectivity index (χ0v) is 19.9. The summed E-state index contributed by atoms with van der Waals surface area (Å²) >= 11 is 0. The van der Waals surface area contributed by atoms with Crippen LogP contribution in [0.3, 0.4) is 0 Å². The van der Waals surface area contributed by atoms with Crippen molar-refractivity contribution >= 4 is 21.7 Å². The van der Waals surface area contributed by atoms with Crippen LogP contribution in [0, 0.1) is 34.6 Å². The summed E-state index contributed by atoms with van der Waals surface area (Å²) in [6.45, 7) is 9.63. The third-order valence-electron chi connectivity index (χ3n) is 6.32. The van der Waals surface area contributed by atoms with Crippen molar-refractivity contribution in [3.05, 3.63) is 93.0 Å². The van der Waals surface area contributed by atoms with Gasteiger partial charge in [0.1, 0.15) is 0 Å². The van der Waals surface area contributed by atoms with Crippen LogP contribution in [0.4, 0.5) is 5.69 Å². The second kappa shape index (κ2) is 9.17. The lowest BCUT2D eigenvalue weighted by molar-refractivity contribution is 0.0696. The molecular formula is C26H29NO4S. The van der Waals surface area contributed by atoms with Crippen molar-refractivity contribution in [2.75, 3.05) is 4.72 Å². The van der Waals surface area contributed by atoms with Crippen LogP contribution in [0.5, 0.6) is 0 Å². The number of sulfonamides is 1. The molecule has 0 aliphatic carbocycles. The van der Waals surface area contributed by atoms with Crippen LogP contribution in [0.1, 0.15) is 49.3 Å². The van der Waals surface area contributed by atoms with Crippen molar-refractivity contribution in [2.45, 2.75) is 52.4 Å².